The van der Waals surface area contributed by atoms with E-state index < -0.39 is 5.60 Å². The number of halogens is 1. The van der Waals surface area contributed by atoms with Crippen molar-refractivity contribution in [1.82, 2.24) is 0 Å². The summed E-state index contributed by atoms with van der Waals surface area (Å²) in [5.74, 6) is -0.169. The molecule has 1 aliphatic rings. The topological polar surface area (TPSA) is 41.5 Å². The van der Waals surface area contributed by atoms with Gasteiger partial charge in [0.15, 0.2) is 11.6 Å². The first kappa shape index (κ1) is 11.2. The lowest BCUT2D eigenvalue weighted by atomic mass is 9.76. The molecule has 0 unspecified atom stereocenters. The molecule has 0 heterocycles. The summed E-state index contributed by atoms with van der Waals surface area (Å²) in [4.78, 5) is 0. The molecule has 0 saturated heterocycles. The van der Waals surface area contributed by atoms with Crippen LogP contribution in [-0.2, 0) is 0 Å². The molecule has 88 valence electrons. The smallest absolute Gasteiger partial charge is 0.165 e. The summed E-state index contributed by atoms with van der Waals surface area (Å²) in [7, 11) is 1.43. The Morgan fingerprint density at radius 2 is 2.31 bits per heavy atom. The number of aliphatic hydroxyl groups is 1. The van der Waals surface area contributed by atoms with E-state index in [0.717, 1.165) is 18.5 Å². The number of hydrogen-bond donors (Lipinski definition) is 2. The van der Waals surface area contributed by atoms with Gasteiger partial charge in [0.2, 0.25) is 0 Å². The van der Waals surface area contributed by atoms with Crippen LogP contribution in [0.25, 0.3) is 0 Å². The van der Waals surface area contributed by atoms with Crippen LogP contribution in [-0.4, -0.2) is 23.9 Å². The van der Waals surface area contributed by atoms with Gasteiger partial charge in [0.05, 0.1) is 18.8 Å². The predicted octanol–water partition coefficient (Wildman–Crippen LogP) is 2.16. The van der Waals surface area contributed by atoms with Gasteiger partial charge in [0, 0.05) is 11.8 Å². The summed E-state index contributed by atoms with van der Waals surface area (Å²) in [6, 6.07) is 4.63. The third kappa shape index (κ3) is 1.97. The van der Waals surface area contributed by atoms with Gasteiger partial charge >= 0.3 is 0 Å². The van der Waals surface area contributed by atoms with Crippen molar-refractivity contribution >= 4 is 5.69 Å². The normalized spacial score (nSPS) is 28.4. The fraction of sp³-hybridized carbons (Fsp3) is 0.500. The lowest BCUT2D eigenvalue weighted by Crippen LogP contribution is -2.53. The molecular formula is C12H16FNO2. The molecule has 2 rings (SSSR count). The zero-order chi connectivity index (χ0) is 11.8. The molecule has 1 aromatic rings. The van der Waals surface area contributed by atoms with Gasteiger partial charge in [-0.2, -0.15) is 0 Å². The number of benzene rings is 1. The highest BCUT2D eigenvalue weighted by molar-refractivity contribution is 5.50. The first-order valence-corrected chi connectivity index (χ1v) is 5.35. The number of methoxy groups -OCH3 is 1. The molecular weight excluding hydrogens is 209 g/mol. The lowest BCUT2D eigenvalue weighted by molar-refractivity contribution is -0.0286. The number of hydrogen-bond acceptors (Lipinski definition) is 3. The molecule has 2 atom stereocenters. The molecule has 1 saturated carbocycles. The molecule has 0 aliphatic heterocycles. The van der Waals surface area contributed by atoms with Crippen molar-refractivity contribution in [2.45, 2.75) is 31.4 Å². The summed E-state index contributed by atoms with van der Waals surface area (Å²) in [6.07, 6.45) is 1.72. The molecule has 16 heavy (non-hydrogen) atoms. The Kier molecular flexibility index (Phi) is 2.76. The van der Waals surface area contributed by atoms with Crippen molar-refractivity contribution in [1.29, 1.82) is 0 Å². The molecule has 0 bridgehead atoms. The summed E-state index contributed by atoms with van der Waals surface area (Å²) >= 11 is 0. The third-order valence-corrected chi connectivity index (χ3v) is 3.18. The average Bonchev–Trinajstić information content (AvgIpc) is 2.26. The Hall–Kier alpha value is -1.29. The van der Waals surface area contributed by atoms with Gasteiger partial charge in [-0.05, 0) is 31.9 Å². The second kappa shape index (κ2) is 3.94. The van der Waals surface area contributed by atoms with Crippen LogP contribution in [0.4, 0.5) is 10.1 Å². The lowest BCUT2D eigenvalue weighted by Gasteiger charge is -2.43. The van der Waals surface area contributed by atoms with Crippen LogP contribution in [0.2, 0.25) is 0 Å². The zero-order valence-corrected chi connectivity index (χ0v) is 9.46. The van der Waals surface area contributed by atoms with Crippen molar-refractivity contribution in [2.75, 3.05) is 12.4 Å². The fourth-order valence-electron chi connectivity index (χ4n) is 1.88. The van der Waals surface area contributed by atoms with E-state index >= 15 is 0 Å². The number of ether oxygens (including phenoxy) is 1. The summed E-state index contributed by atoms with van der Waals surface area (Å²) in [5.41, 5.74) is 0.102. The van der Waals surface area contributed by atoms with Gasteiger partial charge in [0.25, 0.3) is 0 Å². The van der Waals surface area contributed by atoms with Crippen LogP contribution in [0.3, 0.4) is 0 Å². The van der Waals surface area contributed by atoms with Gasteiger partial charge in [0.1, 0.15) is 0 Å². The highest BCUT2D eigenvalue weighted by Gasteiger charge is 2.40. The number of anilines is 1. The van der Waals surface area contributed by atoms with Crippen LogP contribution < -0.4 is 10.1 Å². The molecule has 0 radical (unpaired) electrons. The average molecular weight is 225 g/mol. The van der Waals surface area contributed by atoms with Crippen molar-refractivity contribution in [3.8, 4) is 5.75 Å². The van der Waals surface area contributed by atoms with E-state index in [1.165, 1.54) is 13.2 Å². The Balaban J connectivity index is 2.10. The summed E-state index contributed by atoms with van der Waals surface area (Å²) in [5, 5.41) is 13.0. The minimum absolute atomic E-state index is 0.0302. The van der Waals surface area contributed by atoms with E-state index in [1.54, 1.807) is 19.1 Å². The standard InChI is InChI=1S/C12H16FNO2/c1-12(15)6-5-11(12)14-8-3-4-9(13)10(7-8)16-2/h3-4,7,11,14-15H,5-6H2,1-2H3/t11-,12-/m0/s1. The number of nitrogens with one attached hydrogen (secondary N) is 1. The minimum atomic E-state index is -0.665. The Morgan fingerprint density at radius 3 is 2.81 bits per heavy atom. The van der Waals surface area contributed by atoms with Crippen molar-refractivity contribution in [3.63, 3.8) is 0 Å². The number of rotatable bonds is 3. The third-order valence-electron chi connectivity index (χ3n) is 3.18. The van der Waals surface area contributed by atoms with Crippen LogP contribution in [0.15, 0.2) is 18.2 Å². The largest absolute Gasteiger partial charge is 0.494 e. The van der Waals surface area contributed by atoms with E-state index in [-0.39, 0.29) is 17.6 Å². The highest BCUT2D eigenvalue weighted by Crippen LogP contribution is 2.34. The Labute approximate surface area is 94.2 Å². The Bertz CT molecular complexity index is 393. The van der Waals surface area contributed by atoms with Crippen molar-refractivity contribution in [2.24, 2.45) is 0 Å². The SMILES string of the molecule is COc1cc(N[C@H]2CC[C@]2(C)O)ccc1F. The molecule has 1 fully saturated rings. The maximum Gasteiger partial charge on any atom is 0.165 e. The maximum atomic E-state index is 13.2. The van der Waals surface area contributed by atoms with Gasteiger partial charge in [-0.3, -0.25) is 0 Å². The van der Waals surface area contributed by atoms with E-state index in [0.29, 0.717) is 0 Å². The van der Waals surface area contributed by atoms with Gasteiger partial charge in [-0.1, -0.05) is 0 Å². The summed E-state index contributed by atoms with van der Waals surface area (Å²) < 4.78 is 18.0. The molecule has 4 heteroatoms. The molecule has 3 nitrogen and oxygen atoms in total. The molecule has 2 N–H and O–H groups in total. The van der Waals surface area contributed by atoms with Gasteiger partial charge < -0.3 is 15.2 Å². The Morgan fingerprint density at radius 1 is 1.56 bits per heavy atom. The highest BCUT2D eigenvalue weighted by atomic mass is 19.1. The maximum absolute atomic E-state index is 13.2. The monoisotopic (exact) mass is 225 g/mol. The predicted molar refractivity (Wildman–Crippen MR) is 60.2 cm³/mol. The van der Waals surface area contributed by atoms with Crippen LogP contribution in [0.1, 0.15) is 19.8 Å². The van der Waals surface area contributed by atoms with E-state index in [1.807, 2.05) is 0 Å². The molecule has 0 amide bonds. The van der Waals surface area contributed by atoms with Crippen LogP contribution in [0, 0.1) is 5.82 Å². The second-order valence-corrected chi connectivity index (χ2v) is 4.44. The van der Waals surface area contributed by atoms with Gasteiger partial charge in [-0.15, -0.1) is 0 Å². The second-order valence-electron chi connectivity index (χ2n) is 4.44. The minimum Gasteiger partial charge on any atom is -0.494 e. The summed E-state index contributed by atoms with van der Waals surface area (Å²) in [6.45, 7) is 1.80. The zero-order valence-electron chi connectivity index (χ0n) is 9.46. The molecule has 0 spiro atoms. The van der Waals surface area contributed by atoms with E-state index in [2.05, 4.69) is 5.32 Å². The van der Waals surface area contributed by atoms with Crippen LogP contribution in [0.5, 0.6) is 5.75 Å². The molecule has 1 aliphatic carbocycles. The fourth-order valence-corrected chi connectivity index (χ4v) is 1.88. The first-order valence-electron chi connectivity index (χ1n) is 5.35. The van der Waals surface area contributed by atoms with E-state index in [4.69, 9.17) is 4.74 Å². The van der Waals surface area contributed by atoms with Crippen molar-refractivity contribution < 1.29 is 14.2 Å². The molecule has 0 aromatic heterocycles. The van der Waals surface area contributed by atoms with Crippen molar-refractivity contribution in [3.05, 3.63) is 24.0 Å². The van der Waals surface area contributed by atoms with Crippen LogP contribution >= 0.6 is 0 Å². The molecule has 1 aromatic carbocycles. The van der Waals surface area contributed by atoms with E-state index in [9.17, 15) is 9.50 Å². The quantitative estimate of drug-likeness (QED) is 0.828. The first-order chi connectivity index (χ1) is 7.53. The van der Waals surface area contributed by atoms with Gasteiger partial charge in [-0.25, -0.2) is 4.39 Å².